The van der Waals surface area contributed by atoms with Crippen LogP contribution in [0.3, 0.4) is 0 Å². The van der Waals surface area contributed by atoms with Crippen LogP contribution >= 0.6 is 0 Å². The molecule has 0 aliphatic carbocycles. The van der Waals surface area contributed by atoms with E-state index in [1.165, 1.54) is 0 Å². The van der Waals surface area contributed by atoms with Gasteiger partial charge in [0.2, 0.25) is 0 Å². The van der Waals surface area contributed by atoms with E-state index in [1.54, 1.807) is 10.3 Å². The second kappa shape index (κ2) is 7.16. The second-order valence-corrected chi connectivity index (χ2v) is 4.07. The predicted molar refractivity (Wildman–Crippen MR) is 55.2 cm³/mol. The Bertz CT molecular complexity index is 158. The molecule has 6 nitrogen and oxygen atoms in total. The van der Waals surface area contributed by atoms with Crippen molar-refractivity contribution < 1.29 is 19.8 Å². The van der Waals surface area contributed by atoms with Crippen molar-refractivity contribution >= 4 is 0 Å². The van der Waals surface area contributed by atoms with E-state index in [4.69, 9.17) is 19.8 Å². The van der Waals surface area contributed by atoms with E-state index in [9.17, 15) is 0 Å². The van der Waals surface area contributed by atoms with E-state index in [0.717, 1.165) is 51.6 Å². The Kier molecular flexibility index (Phi) is 5.47. The fourth-order valence-corrected chi connectivity index (χ4v) is 1.74. The normalized spacial score (nSPS) is 27.8. The highest BCUT2D eigenvalue weighted by atomic mass is 17.3. The van der Waals surface area contributed by atoms with Crippen LogP contribution in [-0.4, -0.2) is 36.6 Å². The first-order valence-electron chi connectivity index (χ1n) is 6.11. The average molecular weight is 232 g/mol. The lowest BCUT2D eigenvalue weighted by Gasteiger charge is -2.31. The summed E-state index contributed by atoms with van der Waals surface area (Å²) in [6.07, 6.45) is 6.53. The van der Waals surface area contributed by atoms with Crippen LogP contribution in [0.2, 0.25) is 0 Å². The van der Waals surface area contributed by atoms with E-state index in [0.29, 0.717) is 13.2 Å². The molecule has 2 aliphatic heterocycles. The molecular formula is C10H20N2O4. The van der Waals surface area contributed by atoms with E-state index in [1.807, 2.05) is 0 Å². The van der Waals surface area contributed by atoms with Crippen LogP contribution < -0.4 is 0 Å². The standard InChI is InChI=1S/C10H20N2O4/c1-3-7-11(15-13-9-5-1)12-8-4-2-6-10-14-16-12/h1-10H2. The lowest BCUT2D eigenvalue weighted by molar-refractivity contribution is -0.586. The van der Waals surface area contributed by atoms with Crippen molar-refractivity contribution in [2.75, 3.05) is 26.3 Å². The zero-order valence-corrected chi connectivity index (χ0v) is 9.60. The van der Waals surface area contributed by atoms with E-state index < -0.39 is 0 Å². The van der Waals surface area contributed by atoms with Gasteiger partial charge in [0.05, 0.1) is 13.2 Å². The number of hydroxylamine groups is 2. The van der Waals surface area contributed by atoms with Crippen LogP contribution in [0.4, 0.5) is 0 Å². The summed E-state index contributed by atoms with van der Waals surface area (Å²) < 4.78 is 0. The highest BCUT2D eigenvalue weighted by molar-refractivity contribution is 4.49. The van der Waals surface area contributed by atoms with Crippen molar-refractivity contribution in [3.8, 4) is 0 Å². The molecule has 0 aromatic rings. The smallest absolute Gasteiger partial charge is 0.0843 e. The van der Waals surface area contributed by atoms with Gasteiger partial charge in [0.25, 0.3) is 0 Å². The third-order valence-corrected chi connectivity index (χ3v) is 2.68. The van der Waals surface area contributed by atoms with Crippen LogP contribution in [0.15, 0.2) is 0 Å². The van der Waals surface area contributed by atoms with Crippen molar-refractivity contribution in [3.63, 3.8) is 0 Å². The van der Waals surface area contributed by atoms with Gasteiger partial charge in [-0.3, -0.25) is 0 Å². The highest BCUT2D eigenvalue weighted by Gasteiger charge is 2.21. The largest absolute Gasteiger partial charge is 0.217 e. The summed E-state index contributed by atoms with van der Waals surface area (Å²) in [6, 6.07) is 0. The lowest BCUT2D eigenvalue weighted by atomic mass is 10.2. The first-order chi connectivity index (χ1) is 7.97. The van der Waals surface area contributed by atoms with Crippen molar-refractivity contribution in [2.45, 2.75) is 38.5 Å². The molecule has 6 heteroatoms. The van der Waals surface area contributed by atoms with Gasteiger partial charge in [0, 0.05) is 13.1 Å². The minimum absolute atomic E-state index is 0.630. The molecule has 0 atom stereocenters. The maximum atomic E-state index is 5.17. The number of hydrogen-bond donors (Lipinski definition) is 0. The third kappa shape index (κ3) is 3.97. The van der Waals surface area contributed by atoms with Crippen molar-refractivity contribution in [1.29, 1.82) is 0 Å². The topological polar surface area (TPSA) is 43.4 Å². The number of nitrogens with zero attached hydrogens (tertiary/aromatic N) is 2. The molecule has 2 rings (SSSR count). The Morgan fingerprint density at radius 1 is 0.562 bits per heavy atom. The first-order valence-corrected chi connectivity index (χ1v) is 6.11. The molecule has 2 heterocycles. The van der Waals surface area contributed by atoms with Gasteiger partial charge < -0.3 is 0 Å². The van der Waals surface area contributed by atoms with Gasteiger partial charge in [-0.1, -0.05) is 10.3 Å². The Hall–Kier alpha value is -0.240. The molecule has 0 aromatic carbocycles. The van der Waals surface area contributed by atoms with Gasteiger partial charge in [0.15, 0.2) is 0 Å². The molecule has 16 heavy (non-hydrogen) atoms. The molecule has 0 unspecified atom stereocenters. The van der Waals surface area contributed by atoms with Crippen LogP contribution in [0.1, 0.15) is 38.5 Å². The van der Waals surface area contributed by atoms with E-state index in [2.05, 4.69) is 0 Å². The van der Waals surface area contributed by atoms with Gasteiger partial charge in [-0.05, 0) is 38.5 Å². The zero-order chi connectivity index (χ0) is 11.1. The van der Waals surface area contributed by atoms with E-state index in [-0.39, 0.29) is 0 Å². The molecule has 0 spiro atoms. The molecule has 2 saturated heterocycles. The minimum atomic E-state index is 0.630. The summed E-state index contributed by atoms with van der Waals surface area (Å²) in [5.74, 6) is 0. The fraction of sp³-hybridized carbons (Fsp3) is 1.00. The molecule has 0 N–H and O–H groups in total. The molecule has 2 fully saturated rings. The Morgan fingerprint density at radius 2 is 1.06 bits per heavy atom. The summed E-state index contributed by atoms with van der Waals surface area (Å²) in [5, 5.41) is 3.20. The van der Waals surface area contributed by atoms with Gasteiger partial charge >= 0.3 is 0 Å². The van der Waals surface area contributed by atoms with Crippen LogP contribution in [0.5, 0.6) is 0 Å². The molecule has 0 aromatic heterocycles. The summed E-state index contributed by atoms with van der Waals surface area (Å²) >= 11 is 0. The number of rotatable bonds is 1. The monoisotopic (exact) mass is 232 g/mol. The summed E-state index contributed by atoms with van der Waals surface area (Å²) in [5.41, 5.74) is 0. The second-order valence-electron chi connectivity index (χ2n) is 4.07. The van der Waals surface area contributed by atoms with Gasteiger partial charge in [-0.15, -0.1) is 9.98 Å². The Balaban J connectivity index is 1.81. The van der Waals surface area contributed by atoms with Crippen LogP contribution in [0.25, 0.3) is 0 Å². The molecule has 0 radical (unpaired) electrons. The fourth-order valence-electron chi connectivity index (χ4n) is 1.74. The van der Waals surface area contributed by atoms with Crippen molar-refractivity contribution in [1.82, 2.24) is 10.3 Å². The number of hydrazine groups is 1. The summed E-state index contributed by atoms with van der Waals surface area (Å²) in [4.78, 5) is 20.5. The van der Waals surface area contributed by atoms with E-state index >= 15 is 0 Å². The average Bonchev–Trinajstić information content (AvgIpc) is 2.18. The zero-order valence-electron chi connectivity index (χ0n) is 9.60. The van der Waals surface area contributed by atoms with Crippen LogP contribution in [-0.2, 0) is 19.8 Å². The van der Waals surface area contributed by atoms with Crippen LogP contribution in [0, 0.1) is 0 Å². The molecular weight excluding hydrogens is 212 g/mol. The van der Waals surface area contributed by atoms with Gasteiger partial charge in [0.1, 0.15) is 0 Å². The quantitative estimate of drug-likeness (QED) is 0.640. The summed E-state index contributed by atoms with van der Waals surface area (Å²) in [6.45, 7) is 2.79. The highest BCUT2D eigenvalue weighted by Crippen LogP contribution is 2.13. The first kappa shape index (κ1) is 12.2. The Morgan fingerprint density at radius 3 is 1.56 bits per heavy atom. The minimum Gasteiger partial charge on any atom is -0.217 e. The summed E-state index contributed by atoms with van der Waals surface area (Å²) in [7, 11) is 0. The molecule has 0 amide bonds. The SMILES string of the molecule is C1CCOON(N2CCCCCOO2)CC1. The molecule has 0 bridgehead atoms. The molecule has 2 aliphatic rings. The van der Waals surface area contributed by atoms with Gasteiger partial charge in [-0.25, -0.2) is 9.78 Å². The molecule has 94 valence electrons. The predicted octanol–water partition coefficient (Wildman–Crippen LogP) is 1.60. The van der Waals surface area contributed by atoms with Crippen molar-refractivity contribution in [2.24, 2.45) is 0 Å². The third-order valence-electron chi connectivity index (χ3n) is 2.68. The maximum Gasteiger partial charge on any atom is 0.0843 e. The lowest BCUT2D eigenvalue weighted by Crippen LogP contribution is -2.45. The van der Waals surface area contributed by atoms with Gasteiger partial charge in [-0.2, -0.15) is 0 Å². The Labute approximate surface area is 95.7 Å². The molecule has 0 saturated carbocycles. The maximum absolute atomic E-state index is 5.17. The number of hydrogen-bond acceptors (Lipinski definition) is 6. The van der Waals surface area contributed by atoms with Crippen molar-refractivity contribution in [3.05, 3.63) is 0 Å².